The van der Waals surface area contributed by atoms with E-state index in [-0.39, 0.29) is 11.8 Å². The average Bonchev–Trinajstić information content (AvgIpc) is 3.13. The van der Waals surface area contributed by atoms with Gasteiger partial charge < -0.3 is 5.32 Å². The quantitative estimate of drug-likeness (QED) is 0.888. The second-order valence-electron chi connectivity index (χ2n) is 6.95. The Morgan fingerprint density at radius 3 is 2.62 bits per heavy atom. The van der Waals surface area contributed by atoms with Crippen molar-refractivity contribution in [3.8, 4) is 11.1 Å². The maximum absolute atomic E-state index is 12.1. The number of hydrogen-bond donors (Lipinski definition) is 1. The molecule has 2 aliphatic carbocycles. The Morgan fingerprint density at radius 1 is 1.17 bits per heavy atom. The fourth-order valence-corrected chi connectivity index (χ4v) is 3.73. The van der Waals surface area contributed by atoms with Gasteiger partial charge in [0, 0.05) is 42.0 Å². The lowest BCUT2D eigenvalue weighted by molar-refractivity contribution is -0.124. The van der Waals surface area contributed by atoms with E-state index >= 15 is 0 Å². The zero-order valence-electron chi connectivity index (χ0n) is 13.9. The fourth-order valence-electron chi connectivity index (χ4n) is 3.73. The molecule has 0 unspecified atom stereocenters. The first-order chi connectivity index (χ1) is 11.8. The van der Waals surface area contributed by atoms with Gasteiger partial charge in [-0.25, -0.2) is 0 Å². The van der Waals surface area contributed by atoms with Gasteiger partial charge in [0.15, 0.2) is 0 Å². The summed E-state index contributed by atoms with van der Waals surface area (Å²) in [6.07, 6.45) is 12.6. The Balaban J connectivity index is 1.44. The van der Waals surface area contributed by atoms with Crippen LogP contribution in [-0.2, 0) is 11.3 Å². The lowest BCUT2D eigenvalue weighted by Crippen LogP contribution is -2.32. The van der Waals surface area contributed by atoms with Crippen LogP contribution >= 0.6 is 0 Å². The molecule has 2 aliphatic rings. The van der Waals surface area contributed by atoms with Gasteiger partial charge in [-0.1, -0.05) is 12.8 Å². The minimum Gasteiger partial charge on any atom is -0.354 e. The molecule has 0 aliphatic heterocycles. The summed E-state index contributed by atoms with van der Waals surface area (Å²) in [5, 5.41) is 7.69. The summed E-state index contributed by atoms with van der Waals surface area (Å²) < 4.78 is 2.09. The summed E-state index contributed by atoms with van der Waals surface area (Å²) in [6.45, 7) is 1.40. The lowest BCUT2D eigenvalue weighted by atomic mass is 10.1. The van der Waals surface area contributed by atoms with Crippen LogP contribution in [0.4, 0.5) is 0 Å². The van der Waals surface area contributed by atoms with E-state index in [1.165, 1.54) is 42.5 Å². The zero-order chi connectivity index (χ0) is 16.4. The van der Waals surface area contributed by atoms with Crippen LogP contribution in [0.2, 0.25) is 0 Å². The Labute approximate surface area is 142 Å². The molecule has 0 radical (unpaired) electrons. The molecule has 24 heavy (non-hydrogen) atoms. The van der Waals surface area contributed by atoms with Crippen LogP contribution in [0, 0.1) is 5.92 Å². The average molecular weight is 324 g/mol. The number of aromatic nitrogens is 3. The number of amides is 1. The normalized spacial score (nSPS) is 18.0. The smallest absolute Gasteiger partial charge is 0.223 e. The molecule has 0 aromatic carbocycles. The molecule has 126 valence electrons. The van der Waals surface area contributed by atoms with Crippen molar-refractivity contribution < 1.29 is 4.79 Å². The van der Waals surface area contributed by atoms with Gasteiger partial charge in [0.2, 0.25) is 5.91 Å². The molecule has 1 N–H and O–H groups in total. The van der Waals surface area contributed by atoms with E-state index in [1.54, 1.807) is 0 Å². The number of carbonyl (C=O) groups excluding carboxylic acids is 1. The third-order valence-electron chi connectivity index (χ3n) is 5.18. The van der Waals surface area contributed by atoms with Crippen molar-refractivity contribution in [1.82, 2.24) is 20.1 Å². The molecule has 4 rings (SSSR count). The van der Waals surface area contributed by atoms with E-state index in [0.717, 1.165) is 19.4 Å². The lowest BCUT2D eigenvalue weighted by Gasteiger charge is -2.12. The third-order valence-corrected chi connectivity index (χ3v) is 5.18. The van der Waals surface area contributed by atoms with Gasteiger partial charge >= 0.3 is 0 Å². The summed E-state index contributed by atoms with van der Waals surface area (Å²) in [5.41, 5.74) is 3.70. The molecular weight excluding hydrogens is 300 g/mol. The molecule has 2 fully saturated rings. The Hall–Kier alpha value is -2.17. The molecule has 0 bridgehead atoms. The molecule has 1 amide bonds. The fraction of sp³-hybridized carbons (Fsp3) is 0.526. The summed E-state index contributed by atoms with van der Waals surface area (Å²) in [4.78, 5) is 16.2. The minimum absolute atomic E-state index is 0.224. The van der Waals surface area contributed by atoms with Gasteiger partial charge in [0.05, 0.1) is 12.7 Å². The largest absolute Gasteiger partial charge is 0.354 e. The van der Waals surface area contributed by atoms with E-state index < -0.39 is 0 Å². The molecule has 2 aromatic heterocycles. The molecular formula is C19H24N4O. The number of rotatable bonds is 6. The highest BCUT2D eigenvalue weighted by Gasteiger charge is 2.30. The first kappa shape index (κ1) is 15.4. The Bertz CT molecular complexity index is 699. The second-order valence-corrected chi connectivity index (χ2v) is 6.95. The van der Waals surface area contributed by atoms with Crippen LogP contribution in [0.3, 0.4) is 0 Å². The highest BCUT2D eigenvalue weighted by molar-refractivity contribution is 5.78. The Morgan fingerprint density at radius 2 is 1.92 bits per heavy atom. The zero-order valence-corrected chi connectivity index (χ0v) is 13.9. The number of nitrogens with zero attached hydrogens (tertiary/aromatic N) is 3. The van der Waals surface area contributed by atoms with Crippen LogP contribution in [0.25, 0.3) is 11.1 Å². The van der Waals surface area contributed by atoms with Crippen LogP contribution in [0.1, 0.15) is 50.1 Å². The maximum Gasteiger partial charge on any atom is 0.223 e. The van der Waals surface area contributed by atoms with Gasteiger partial charge in [0.1, 0.15) is 0 Å². The molecule has 2 saturated carbocycles. The number of hydrogen-bond acceptors (Lipinski definition) is 3. The standard InChI is InChI=1S/C19H24N4O/c24-19(16-3-1-2-4-16)21-11-12-23-18(15-5-6-15)17(13-22-23)14-7-9-20-10-8-14/h7-10,13,15-16H,1-6,11-12H2,(H,21,24). The predicted octanol–water partition coefficient (Wildman–Crippen LogP) is 3.13. The highest BCUT2D eigenvalue weighted by Crippen LogP contribution is 2.44. The second kappa shape index (κ2) is 6.75. The third kappa shape index (κ3) is 3.21. The van der Waals surface area contributed by atoms with Crippen molar-refractivity contribution in [2.45, 2.75) is 51.0 Å². The molecule has 0 spiro atoms. The van der Waals surface area contributed by atoms with Crippen molar-refractivity contribution in [2.75, 3.05) is 6.54 Å². The number of nitrogens with one attached hydrogen (secondary N) is 1. The summed E-state index contributed by atoms with van der Waals surface area (Å²) in [7, 11) is 0. The molecule has 5 nitrogen and oxygen atoms in total. The van der Waals surface area contributed by atoms with Crippen LogP contribution in [0.15, 0.2) is 30.7 Å². The SMILES string of the molecule is O=C(NCCn1ncc(-c2ccncc2)c1C1CC1)C1CCCC1. The highest BCUT2D eigenvalue weighted by atomic mass is 16.1. The maximum atomic E-state index is 12.1. The van der Waals surface area contributed by atoms with Crippen LogP contribution in [-0.4, -0.2) is 27.2 Å². The molecule has 5 heteroatoms. The molecule has 2 aromatic rings. The van der Waals surface area contributed by atoms with E-state index in [4.69, 9.17) is 0 Å². The molecule has 0 atom stereocenters. The molecule has 0 saturated heterocycles. The van der Waals surface area contributed by atoms with E-state index in [2.05, 4.69) is 20.1 Å². The van der Waals surface area contributed by atoms with Crippen molar-refractivity contribution in [3.63, 3.8) is 0 Å². The van der Waals surface area contributed by atoms with Crippen molar-refractivity contribution in [3.05, 3.63) is 36.4 Å². The first-order valence-electron chi connectivity index (χ1n) is 9.07. The number of pyridine rings is 1. The Kier molecular flexibility index (Phi) is 4.32. The predicted molar refractivity (Wildman–Crippen MR) is 92.4 cm³/mol. The minimum atomic E-state index is 0.224. The topological polar surface area (TPSA) is 59.8 Å². The van der Waals surface area contributed by atoms with E-state index in [1.807, 2.05) is 30.7 Å². The van der Waals surface area contributed by atoms with Crippen molar-refractivity contribution in [2.24, 2.45) is 5.92 Å². The van der Waals surface area contributed by atoms with Crippen LogP contribution < -0.4 is 5.32 Å². The van der Waals surface area contributed by atoms with E-state index in [9.17, 15) is 4.79 Å². The summed E-state index contributed by atoms with van der Waals surface area (Å²) in [5.74, 6) is 1.07. The van der Waals surface area contributed by atoms with Crippen LogP contribution in [0.5, 0.6) is 0 Å². The van der Waals surface area contributed by atoms with Gasteiger partial charge in [0.25, 0.3) is 0 Å². The summed E-state index contributed by atoms with van der Waals surface area (Å²) in [6, 6.07) is 4.07. The van der Waals surface area contributed by atoms with E-state index in [0.29, 0.717) is 12.5 Å². The number of carbonyl (C=O) groups is 1. The van der Waals surface area contributed by atoms with Gasteiger partial charge in [-0.15, -0.1) is 0 Å². The van der Waals surface area contributed by atoms with Gasteiger partial charge in [-0.2, -0.15) is 5.10 Å². The van der Waals surface area contributed by atoms with Gasteiger partial charge in [-0.3, -0.25) is 14.5 Å². The van der Waals surface area contributed by atoms with Crippen molar-refractivity contribution in [1.29, 1.82) is 0 Å². The van der Waals surface area contributed by atoms with Crippen molar-refractivity contribution >= 4 is 5.91 Å². The summed E-state index contributed by atoms with van der Waals surface area (Å²) >= 11 is 0. The first-order valence-corrected chi connectivity index (χ1v) is 9.07. The monoisotopic (exact) mass is 324 g/mol. The molecule has 2 heterocycles. The van der Waals surface area contributed by atoms with Gasteiger partial charge in [-0.05, 0) is 43.4 Å².